The molecule has 0 aliphatic heterocycles. The molecule has 6 nitrogen and oxygen atoms in total. The van der Waals surface area contributed by atoms with Crippen LogP contribution in [-0.2, 0) is 6.54 Å². The molecular formula is C21H19N3O3S. The van der Waals surface area contributed by atoms with Crippen LogP contribution in [0.4, 0.5) is 5.69 Å². The topological polar surface area (TPSA) is 74.6 Å². The van der Waals surface area contributed by atoms with Crippen molar-refractivity contribution in [3.05, 3.63) is 89.9 Å². The van der Waals surface area contributed by atoms with Gasteiger partial charge in [-0.1, -0.05) is 42.5 Å². The van der Waals surface area contributed by atoms with E-state index in [1.165, 1.54) is 6.26 Å². The van der Waals surface area contributed by atoms with Crippen molar-refractivity contribution < 1.29 is 14.0 Å². The SMILES string of the molecule is CN(C(=S)NC(=O)c1ccco1)c1ccccc1C(=O)NCc1ccccc1. The second-order valence-electron chi connectivity index (χ2n) is 5.98. The van der Waals surface area contributed by atoms with Crippen LogP contribution in [0.15, 0.2) is 77.4 Å². The minimum Gasteiger partial charge on any atom is -0.459 e. The summed E-state index contributed by atoms with van der Waals surface area (Å²) in [5.41, 5.74) is 2.04. The van der Waals surface area contributed by atoms with Crippen LogP contribution >= 0.6 is 12.2 Å². The van der Waals surface area contributed by atoms with Crippen molar-refractivity contribution in [2.45, 2.75) is 6.54 Å². The van der Waals surface area contributed by atoms with Gasteiger partial charge in [-0.25, -0.2) is 0 Å². The highest BCUT2D eigenvalue weighted by Crippen LogP contribution is 2.19. The number of thiocarbonyl (C=S) groups is 1. The normalized spacial score (nSPS) is 10.2. The molecule has 28 heavy (non-hydrogen) atoms. The molecule has 142 valence electrons. The summed E-state index contributed by atoms with van der Waals surface area (Å²) in [5.74, 6) is -0.524. The molecule has 1 heterocycles. The number of rotatable bonds is 5. The second-order valence-corrected chi connectivity index (χ2v) is 6.37. The number of furan rings is 1. The molecule has 0 unspecified atom stereocenters. The molecule has 2 N–H and O–H groups in total. The summed E-state index contributed by atoms with van der Waals surface area (Å²) in [4.78, 5) is 26.4. The van der Waals surface area contributed by atoms with Crippen molar-refractivity contribution in [3.8, 4) is 0 Å². The summed E-state index contributed by atoms with van der Waals surface area (Å²) in [5, 5.41) is 5.66. The first-order valence-electron chi connectivity index (χ1n) is 8.60. The van der Waals surface area contributed by atoms with Crippen LogP contribution < -0.4 is 15.5 Å². The van der Waals surface area contributed by atoms with E-state index in [4.69, 9.17) is 16.6 Å². The number of carbonyl (C=O) groups is 2. The molecule has 3 rings (SSSR count). The minimum absolute atomic E-state index is 0.157. The summed E-state index contributed by atoms with van der Waals surface area (Å²) in [6, 6.07) is 19.9. The molecule has 7 heteroatoms. The molecule has 2 amide bonds. The van der Waals surface area contributed by atoms with Gasteiger partial charge in [-0.05, 0) is 42.0 Å². The predicted molar refractivity (Wildman–Crippen MR) is 111 cm³/mol. The Balaban J connectivity index is 1.70. The molecule has 0 saturated carbocycles. The van der Waals surface area contributed by atoms with Crippen molar-refractivity contribution in [2.75, 3.05) is 11.9 Å². The van der Waals surface area contributed by atoms with Crippen LogP contribution in [-0.4, -0.2) is 24.0 Å². The number of anilines is 1. The lowest BCUT2D eigenvalue weighted by Gasteiger charge is -2.22. The Labute approximate surface area is 168 Å². The van der Waals surface area contributed by atoms with Crippen molar-refractivity contribution in [1.82, 2.24) is 10.6 Å². The van der Waals surface area contributed by atoms with Gasteiger partial charge in [-0.3, -0.25) is 14.9 Å². The molecule has 0 aliphatic rings. The highest BCUT2D eigenvalue weighted by Gasteiger charge is 2.19. The number of para-hydroxylation sites is 1. The van der Waals surface area contributed by atoms with Gasteiger partial charge in [0.1, 0.15) is 0 Å². The fourth-order valence-corrected chi connectivity index (χ4v) is 2.78. The van der Waals surface area contributed by atoms with E-state index in [2.05, 4.69) is 10.6 Å². The Morgan fingerprint density at radius 3 is 2.39 bits per heavy atom. The summed E-state index contributed by atoms with van der Waals surface area (Å²) < 4.78 is 5.06. The number of nitrogens with one attached hydrogen (secondary N) is 2. The molecule has 0 spiro atoms. The van der Waals surface area contributed by atoms with E-state index in [9.17, 15) is 9.59 Å². The van der Waals surface area contributed by atoms with Crippen LogP contribution in [0.1, 0.15) is 26.5 Å². The molecule has 2 aromatic carbocycles. The molecule has 1 aromatic heterocycles. The van der Waals surface area contributed by atoms with Crippen molar-refractivity contribution in [1.29, 1.82) is 0 Å². The maximum atomic E-state index is 12.7. The molecule has 0 saturated heterocycles. The van der Waals surface area contributed by atoms with Gasteiger partial charge in [0.25, 0.3) is 11.8 Å². The molecule has 0 fully saturated rings. The van der Waals surface area contributed by atoms with E-state index in [-0.39, 0.29) is 16.8 Å². The zero-order valence-electron chi connectivity index (χ0n) is 15.2. The summed E-state index contributed by atoms with van der Waals surface area (Å²) in [6.45, 7) is 0.414. The first-order valence-corrected chi connectivity index (χ1v) is 9.01. The lowest BCUT2D eigenvalue weighted by Crippen LogP contribution is -2.41. The molecule has 0 atom stereocenters. The van der Waals surface area contributed by atoms with E-state index in [1.807, 2.05) is 30.3 Å². The fraction of sp³-hybridized carbons (Fsp3) is 0.0952. The van der Waals surface area contributed by atoms with Crippen LogP contribution in [0, 0.1) is 0 Å². The second kappa shape index (κ2) is 8.96. The van der Waals surface area contributed by atoms with Crippen LogP contribution in [0.25, 0.3) is 0 Å². The zero-order valence-corrected chi connectivity index (χ0v) is 16.0. The maximum absolute atomic E-state index is 12.7. The van der Waals surface area contributed by atoms with Gasteiger partial charge in [0.15, 0.2) is 10.9 Å². The quantitative estimate of drug-likeness (QED) is 0.650. The number of benzene rings is 2. The lowest BCUT2D eigenvalue weighted by atomic mass is 10.1. The van der Waals surface area contributed by atoms with Gasteiger partial charge in [-0.15, -0.1) is 0 Å². The Morgan fingerprint density at radius 1 is 0.964 bits per heavy atom. The summed E-state index contributed by atoms with van der Waals surface area (Å²) in [6.07, 6.45) is 1.41. The van der Waals surface area contributed by atoms with E-state index in [0.717, 1.165) is 5.56 Å². The number of hydrogen-bond donors (Lipinski definition) is 2. The lowest BCUT2D eigenvalue weighted by molar-refractivity contribution is 0.0944. The third-order valence-corrected chi connectivity index (χ3v) is 4.45. The van der Waals surface area contributed by atoms with Crippen LogP contribution in [0.3, 0.4) is 0 Å². The van der Waals surface area contributed by atoms with E-state index < -0.39 is 5.91 Å². The molecule has 3 aromatic rings. The van der Waals surface area contributed by atoms with E-state index in [1.54, 1.807) is 48.3 Å². The van der Waals surface area contributed by atoms with Crippen molar-refractivity contribution in [3.63, 3.8) is 0 Å². The molecule has 0 bridgehead atoms. The Bertz CT molecular complexity index is 972. The summed E-state index contributed by atoms with van der Waals surface area (Å²) in [7, 11) is 1.69. The van der Waals surface area contributed by atoms with Gasteiger partial charge in [-0.2, -0.15) is 0 Å². The van der Waals surface area contributed by atoms with Crippen molar-refractivity contribution >= 4 is 34.8 Å². The predicted octanol–water partition coefficient (Wildman–Crippen LogP) is 3.36. The average Bonchev–Trinajstić information content (AvgIpc) is 3.27. The van der Waals surface area contributed by atoms with Gasteiger partial charge in [0.2, 0.25) is 0 Å². The van der Waals surface area contributed by atoms with Gasteiger partial charge >= 0.3 is 0 Å². The molecular weight excluding hydrogens is 374 g/mol. The smallest absolute Gasteiger partial charge is 0.293 e. The third-order valence-electron chi connectivity index (χ3n) is 4.08. The highest BCUT2D eigenvalue weighted by atomic mass is 32.1. The molecule has 0 radical (unpaired) electrons. The van der Waals surface area contributed by atoms with Gasteiger partial charge in [0.05, 0.1) is 17.5 Å². The average molecular weight is 393 g/mol. The Kier molecular flexibility index (Phi) is 6.18. The van der Waals surface area contributed by atoms with Crippen molar-refractivity contribution in [2.24, 2.45) is 0 Å². The Morgan fingerprint density at radius 2 is 1.68 bits per heavy atom. The minimum atomic E-state index is -0.451. The maximum Gasteiger partial charge on any atom is 0.293 e. The standard InChI is InChI=1S/C21H19N3O3S/c1-24(21(28)23-20(26)18-12-7-13-27-18)17-11-6-5-10-16(17)19(25)22-14-15-8-3-2-4-9-15/h2-13H,14H2,1H3,(H,22,25)(H,23,26,28). The number of carbonyl (C=O) groups excluding carboxylic acids is 2. The van der Waals surface area contributed by atoms with E-state index in [0.29, 0.717) is 17.8 Å². The van der Waals surface area contributed by atoms with Gasteiger partial charge in [0, 0.05) is 13.6 Å². The largest absolute Gasteiger partial charge is 0.459 e. The van der Waals surface area contributed by atoms with Crippen LogP contribution in [0.5, 0.6) is 0 Å². The summed E-state index contributed by atoms with van der Waals surface area (Å²) >= 11 is 5.32. The third kappa shape index (κ3) is 4.63. The van der Waals surface area contributed by atoms with Crippen LogP contribution in [0.2, 0.25) is 0 Å². The highest BCUT2D eigenvalue weighted by molar-refractivity contribution is 7.80. The first-order chi connectivity index (χ1) is 13.6. The fourth-order valence-electron chi connectivity index (χ4n) is 2.59. The number of nitrogens with zero attached hydrogens (tertiary/aromatic N) is 1. The number of hydrogen-bond acceptors (Lipinski definition) is 4. The van der Waals surface area contributed by atoms with E-state index >= 15 is 0 Å². The van der Waals surface area contributed by atoms with Gasteiger partial charge < -0.3 is 14.6 Å². The zero-order chi connectivity index (χ0) is 19.9. The molecule has 0 aliphatic carbocycles. The monoisotopic (exact) mass is 393 g/mol. The number of amides is 2. The first kappa shape index (κ1) is 19.3. The Hall–Kier alpha value is -3.45.